The van der Waals surface area contributed by atoms with Crippen LogP contribution in [0.15, 0.2) is 36.5 Å². The van der Waals surface area contributed by atoms with E-state index in [0.717, 1.165) is 13.1 Å². The summed E-state index contributed by atoms with van der Waals surface area (Å²) in [7, 11) is 2.05. The van der Waals surface area contributed by atoms with E-state index in [-0.39, 0.29) is 37.4 Å². The lowest BCUT2D eigenvalue weighted by atomic mass is 9.90. The SMILES string of the molecule is CN1CCN(C(=O)C2(C)COC(c3nc(-c4ccc(F)cc4)c(-c4ccnc(NCC#N)n4)[nH]3)OC2)CC1. The van der Waals surface area contributed by atoms with E-state index in [1.165, 1.54) is 12.1 Å². The predicted octanol–water partition coefficient (Wildman–Crippen LogP) is 2.43. The van der Waals surface area contributed by atoms with Gasteiger partial charge in [0.2, 0.25) is 18.1 Å². The summed E-state index contributed by atoms with van der Waals surface area (Å²) < 4.78 is 25.7. The van der Waals surface area contributed by atoms with E-state index < -0.39 is 11.7 Å². The van der Waals surface area contributed by atoms with Gasteiger partial charge in [0.1, 0.15) is 12.4 Å². The van der Waals surface area contributed by atoms with Gasteiger partial charge in [-0.05, 0) is 44.3 Å². The monoisotopic (exact) mass is 520 g/mol. The molecule has 2 aliphatic heterocycles. The average Bonchev–Trinajstić information content (AvgIpc) is 3.38. The summed E-state index contributed by atoms with van der Waals surface area (Å²) in [5.74, 6) is 0.348. The van der Waals surface area contributed by atoms with E-state index in [4.69, 9.17) is 19.7 Å². The number of hydrogen-bond donors (Lipinski definition) is 2. The summed E-state index contributed by atoms with van der Waals surface area (Å²) in [6.45, 7) is 5.31. The minimum absolute atomic E-state index is 0.0227. The molecule has 2 saturated heterocycles. The third-order valence-electron chi connectivity index (χ3n) is 6.71. The Kier molecular flexibility index (Phi) is 7.33. The maximum absolute atomic E-state index is 13.6. The number of halogens is 1. The first-order chi connectivity index (χ1) is 18.4. The van der Waals surface area contributed by atoms with Crippen molar-refractivity contribution in [2.75, 3.05) is 58.3 Å². The molecule has 11 nitrogen and oxygen atoms in total. The molecule has 0 unspecified atom stereocenters. The Morgan fingerprint density at radius 2 is 1.89 bits per heavy atom. The number of benzene rings is 1. The highest BCUT2D eigenvalue weighted by Crippen LogP contribution is 2.36. The Morgan fingerprint density at radius 1 is 1.18 bits per heavy atom. The molecular formula is C26H29FN8O3. The molecule has 0 bridgehead atoms. The van der Waals surface area contributed by atoms with Gasteiger partial charge in [0.15, 0.2) is 5.82 Å². The summed E-state index contributed by atoms with van der Waals surface area (Å²) in [5.41, 5.74) is 1.47. The van der Waals surface area contributed by atoms with Crippen LogP contribution in [0.25, 0.3) is 22.6 Å². The number of H-pyrrole nitrogens is 1. The fourth-order valence-corrected chi connectivity index (χ4v) is 4.49. The molecule has 12 heteroatoms. The number of likely N-dealkylation sites (N-methyl/N-ethyl adjacent to an activating group) is 1. The third kappa shape index (κ3) is 5.35. The van der Waals surface area contributed by atoms with Gasteiger partial charge >= 0.3 is 0 Å². The fourth-order valence-electron chi connectivity index (χ4n) is 4.49. The lowest BCUT2D eigenvalue weighted by molar-refractivity contribution is -0.234. The minimum Gasteiger partial charge on any atom is -0.345 e. The molecule has 0 radical (unpaired) electrons. The number of nitrogens with zero attached hydrogens (tertiary/aromatic N) is 6. The minimum atomic E-state index is -0.825. The van der Waals surface area contributed by atoms with E-state index in [1.807, 2.05) is 24.9 Å². The smallest absolute Gasteiger partial charge is 0.233 e. The summed E-state index contributed by atoms with van der Waals surface area (Å²) in [6.07, 6.45) is 0.745. The lowest BCUT2D eigenvalue weighted by Crippen LogP contribution is -2.55. The highest BCUT2D eigenvalue weighted by Gasteiger charge is 2.43. The number of amides is 1. The Balaban J connectivity index is 1.39. The molecular weight excluding hydrogens is 491 g/mol. The molecule has 5 rings (SSSR count). The quantitative estimate of drug-likeness (QED) is 0.470. The predicted molar refractivity (Wildman–Crippen MR) is 136 cm³/mol. The van der Waals surface area contributed by atoms with Crippen molar-refractivity contribution in [3.8, 4) is 28.7 Å². The molecule has 38 heavy (non-hydrogen) atoms. The van der Waals surface area contributed by atoms with E-state index >= 15 is 0 Å². The van der Waals surface area contributed by atoms with Gasteiger partial charge in [-0.1, -0.05) is 0 Å². The second-order valence-electron chi connectivity index (χ2n) is 9.74. The molecule has 2 aromatic heterocycles. The first-order valence-corrected chi connectivity index (χ1v) is 12.4. The van der Waals surface area contributed by atoms with Gasteiger partial charge in [0.25, 0.3) is 0 Å². The van der Waals surface area contributed by atoms with Crippen molar-refractivity contribution in [1.29, 1.82) is 5.26 Å². The number of hydrogen-bond acceptors (Lipinski definition) is 9. The van der Waals surface area contributed by atoms with Crippen LogP contribution in [-0.4, -0.2) is 88.6 Å². The van der Waals surface area contributed by atoms with Gasteiger partial charge in [-0.2, -0.15) is 5.26 Å². The van der Waals surface area contributed by atoms with Gasteiger partial charge in [-0.25, -0.2) is 19.3 Å². The van der Waals surface area contributed by atoms with E-state index in [9.17, 15) is 9.18 Å². The van der Waals surface area contributed by atoms with Crippen LogP contribution >= 0.6 is 0 Å². The molecule has 4 heterocycles. The van der Waals surface area contributed by atoms with Crippen LogP contribution in [-0.2, 0) is 14.3 Å². The highest BCUT2D eigenvalue weighted by molar-refractivity contribution is 5.83. The van der Waals surface area contributed by atoms with Gasteiger partial charge in [0, 0.05) is 37.9 Å². The zero-order valence-corrected chi connectivity index (χ0v) is 21.3. The number of anilines is 1. The third-order valence-corrected chi connectivity index (χ3v) is 6.71. The average molecular weight is 521 g/mol. The van der Waals surface area contributed by atoms with Crippen molar-refractivity contribution in [2.45, 2.75) is 13.2 Å². The van der Waals surface area contributed by atoms with E-state index in [0.29, 0.717) is 41.6 Å². The number of piperazine rings is 1. The molecule has 2 fully saturated rings. The first-order valence-electron chi connectivity index (χ1n) is 12.4. The van der Waals surface area contributed by atoms with Crippen molar-refractivity contribution in [1.82, 2.24) is 29.7 Å². The van der Waals surface area contributed by atoms with Crippen LogP contribution in [0.1, 0.15) is 19.0 Å². The van der Waals surface area contributed by atoms with Crippen LogP contribution < -0.4 is 5.32 Å². The van der Waals surface area contributed by atoms with E-state index in [1.54, 1.807) is 24.4 Å². The molecule has 1 aromatic carbocycles. The molecule has 0 saturated carbocycles. The Labute approximate surface area is 219 Å². The number of aromatic nitrogens is 4. The van der Waals surface area contributed by atoms with Crippen LogP contribution in [0.3, 0.4) is 0 Å². The Bertz CT molecular complexity index is 1320. The number of aromatic amines is 1. The zero-order valence-electron chi connectivity index (χ0n) is 21.3. The van der Waals surface area contributed by atoms with Crippen molar-refractivity contribution in [3.63, 3.8) is 0 Å². The van der Waals surface area contributed by atoms with Crippen LogP contribution in [0.5, 0.6) is 0 Å². The molecule has 0 spiro atoms. The Hall–Kier alpha value is -3.92. The first kappa shape index (κ1) is 25.7. The van der Waals surface area contributed by atoms with Gasteiger partial charge < -0.3 is 29.6 Å². The van der Waals surface area contributed by atoms with Crippen molar-refractivity contribution in [2.24, 2.45) is 5.41 Å². The topological polar surface area (TPSA) is 132 Å². The van der Waals surface area contributed by atoms with Crippen molar-refractivity contribution in [3.05, 3.63) is 48.2 Å². The Morgan fingerprint density at radius 3 is 2.58 bits per heavy atom. The number of imidazole rings is 1. The highest BCUT2D eigenvalue weighted by atomic mass is 19.1. The summed E-state index contributed by atoms with van der Waals surface area (Å²) in [6, 6.07) is 9.67. The standard InChI is InChI=1S/C26H29FN8O3/c1-26(24(36)35-13-11-34(2)12-14-35)15-37-23(38-16-26)22-32-20(17-3-5-18(27)6-4-17)21(33-22)19-7-9-29-25(31-19)30-10-8-28/h3-7,9,23H,10-16H2,1-2H3,(H,32,33)(H,29,30,31). The number of rotatable bonds is 6. The van der Waals surface area contributed by atoms with Crippen molar-refractivity contribution < 1.29 is 18.7 Å². The largest absolute Gasteiger partial charge is 0.345 e. The molecule has 2 aliphatic rings. The molecule has 2 N–H and O–H groups in total. The summed E-state index contributed by atoms with van der Waals surface area (Å²) in [5, 5.41) is 11.7. The van der Waals surface area contributed by atoms with Gasteiger partial charge in [-0.15, -0.1) is 0 Å². The number of ether oxygens (including phenoxy) is 2. The van der Waals surface area contributed by atoms with Crippen LogP contribution in [0.4, 0.5) is 10.3 Å². The van der Waals surface area contributed by atoms with Gasteiger partial charge in [-0.3, -0.25) is 4.79 Å². The maximum Gasteiger partial charge on any atom is 0.233 e. The number of carbonyl (C=O) groups excluding carboxylic acids is 1. The molecule has 1 amide bonds. The number of nitrogens with one attached hydrogen (secondary N) is 2. The lowest BCUT2D eigenvalue weighted by Gasteiger charge is -2.41. The molecule has 3 aromatic rings. The normalized spacial score (nSPS) is 22.2. The van der Waals surface area contributed by atoms with Crippen molar-refractivity contribution >= 4 is 11.9 Å². The second kappa shape index (κ2) is 10.8. The second-order valence-corrected chi connectivity index (χ2v) is 9.74. The fraction of sp³-hybridized carbons (Fsp3) is 0.423. The zero-order chi connectivity index (χ0) is 26.7. The van der Waals surface area contributed by atoms with E-state index in [2.05, 4.69) is 25.2 Å². The maximum atomic E-state index is 13.6. The van der Waals surface area contributed by atoms with Crippen LogP contribution in [0, 0.1) is 22.6 Å². The van der Waals surface area contributed by atoms with Gasteiger partial charge in [0.05, 0.1) is 41.8 Å². The number of nitriles is 1. The summed E-state index contributed by atoms with van der Waals surface area (Å²) in [4.78, 5) is 33.9. The number of carbonyl (C=O) groups is 1. The molecule has 0 aliphatic carbocycles. The summed E-state index contributed by atoms with van der Waals surface area (Å²) >= 11 is 0. The molecule has 0 atom stereocenters. The van der Waals surface area contributed by atoms with Crippen LogP contribution in [0.2, 0.25) is 0 Å². The molecule has 198 valence electrons.